The van der Waals surface area contributed by atoms with Crippen molar-refractivity contribution < 1.29 is 14.4 Å². The van der Waals surface area contributed by atoms with Crippen LogP contribution >= 0.6 is 69.6 Å². The van der Waals surface area contributed by atoms with Crippen molar-refractivity contribution in [2.45, 2.75) is 33.8 Å². The van der Waals surface area contributed by atoms with Gasteiger partial charge in [-0.25, -0.2) is 0 Å². The minimum atomic E-state index is -1.68. The predicted octanol–water partition coefficient (Wildman–Crippen LogP) is 2.08. The normalized spacial score (nSPS) is 18.8. The van der Waals surface area contributed by atoms with Crippen molar-refractivity contribution in [1.29, 1.82) is 0 Å². The monoisotopic (exact) mass is 490 g/mol. The van der Waals surface area contributed by atoms with Crippen molar-refractivity contribution in [3.8, 4) is 0 Å². The molecule has 1 aliphatic heterocycles. The summed E-state index contributed by atoms with van der Waals surface area (Å²) >= 11 is 35.2. The number of rotatable bonds is 6. The lowest BCUT2D eigenvalue weighted by atomic mass is 10.2. The molecule has 0 aromatic carbocycles. The molecule has 0 spiro atoms. The van der Waals surface area contributed by atoms with Gasteiger partial charge in [0.05, 0.1) is 0 Å². The summed E-state index contributed by atoms with van der Waals surface area (Å²) in [5, 5.41) is 4.95. The minimum Gasteiger partial charge on any atom is -0.339 e. The van der Waals surface area contributed by atoms with Gasteiger partial charge in [0.15, 0.2) is 0 Å². The number of carbonyl (C=O) groups excluding carboxylic acids is 3. The molecular formula is C13H20Cl6N4O3. The van der Waals surface area contributed by atoms with Gasteiger partial charge < -0.3 is 15.4 Å². The number of alkyl halides is 6. The molecule has 2 atom stereocenters. The number of ketones is 1. The predicted molar refractivity (Wildman–Crippen MR) is 106 cm³/mol. The van der Waals surface area contributed by atoms with E-state index in [9.17, 15) is 14.4 Å². The molecule has 1 fully saturated rings. The fourth-order valence-electron chi connectivity index (χ4n) is 2.20. The summed E-state index contributed by atoms with van der Waals surface area (Å²) in [6.07, 6.45) is -0.613. The number of piperazine rings is 1. The zero-order chi connectivity index (χ0) is 20.5. The molecule has 0 aromatic heterocycles. The van der Waals surface area contributed by atoms with Crippen LogP contribution in [0.3, 0.4) is 0 Å². The molecule has 0 aliphatic carbocycles. The Balaban J connectivity index is 0.00000141. The zero-order valence-electron chi connectivity index (χ0n) is 14.0. The van der Waals surface area contributed by atoms with E-state index in [0.29, 0.717) is 39.0 Å². The van der Waals surface area contributed by atoms with E-state index in [1.165, 1.54) is 13.8 Å². The molecule has 0 saturated carbocycles. The average Bonchev–Trinajstić information content (AvgIpc) is 2.48. The summed E-state index contributed by atoms with van der Waals surface area (Å²) in [5.41, 5.74) is 0. The Labute approximate surface area is 182 Å². The number of hydrogen-bond donors (Lipinski definition) is 2. The Morgan fingerprint density at radius 3 is 1.19 bits per heavy atom. The molecular weight excluding hydrogens is 473 g/mol. The highest BCUT2D eigenvalue weighted by Crippen LogP contribution is 2.34. The Morgan fingerprint density at radius 1 is 0.808 bits per heavy atom. The van der Waals surface area contributed by atoms with Crippen LogP contribution < -0.4 is 10.6 Å². The van der Waals surface area contributed by atoms with Crippen molar-refractivity contribution in [1.82, 2.24) is 20.4 Å². The molecule has 0 radical (unpaired) electrons. The smallest absolute Gasteiger partial charge is 0.223 e. The second-order valence-corrected chi connectivity index (χ2v) is 10.2. The maximum atomic E-state index is 10.7. The van der Waals surface area contributed by atoms with Crippen LogP contribution in [0.25, 0.3) is 0 Å². The van der Waals surface area contributed by atoms with Gasteiger partial charge >= 0.3 is 0 Å². The summed E-state index contributed by atoms with van der Waals surface area (Å²) in [7, 11) is 0. The number of nitrogens with zero attached hydrogens (tertiary/aromatic N) is 2. The SMILES string of the molecule is CC(C)=O.O=CNC(N1CCN(C(NC=O)C(Cl)(Cl)Cl)CC1)C(Cl)(Cl)Cl. The van der Waals surface area contributed by atoms with E-state index < -0.39 is 19.9 Å². The Kier molecular flexibility index (Phi) is 12.1. The van der Waals surface area contributed by atoms with Gasteiger partial charge in [0.2, 0.25) is 20.4 Å². The first-order valence-corrected chi connectivity index (χ1v) is 9.59. The summed E-state index contributed by atoms with van der Waals surface area (Å²) in [6, 6.07) is 0. The molecule has 1 rings (SSSR count). The summed E-state index contributed by atoms with van der Waals surface area (Å²) in [5.74, 6) is 0.167. The van der Waals surface area contributed by atoms with E-state index in [1.54, 1.807) is 9.80 Å². The van der Waals surface area contributed by atoms with Crippen LogP contribution in [-0.4, -0.2) is 74.5 Å². The Morgan fingerprint density at radius 2 is 1.04 bits per heavy atom. The van der Waals surface area contributed by atoms with Crippen LogP contribution in [-0.2, 0) is 14.4 Å². The third-order valence-electron chi connectivity index (χ3n) is 3.15. The van der Waals surface area contributed by atoms with Crippen molar-refractivity contribution in [3.05, 3.63) is 0 Å². The number of Topliss-reactive ketones (excluding diaryl/α,β-unsaturated/α-hetero) is 1. The molecule has 2 unspecified atom stereocenters. The molecule has 1 saturated heterocycles. The van der Waals surface area contributed by atoms with Gasteiger partial charge in [-0.05, 0) is 13.8 Å². The second kappa shape index (κ2) is 12.0. The van der Waals surface area contributed by atoms with E-state index in [2.05, 4.69) is 10.6 Å². The molecule has 0 aromatic rings. The largest absolute Gasteiger partial charge is 0.339 e. The van der Waals surface area contributed by atoms with E-state index >= 15 is 0 Å². The fourth-order valence-corrected chi connectivity index (χ4v) is 3.40. The molecule has 1 aliphatic rings. The van der Waals surface area contributed by atoms with E-state index in [0.717, 1.165) is 0 Å². The van der Waals surface area contributed by atoms with Gasteiger partial charge in [0, 0.05) is 26.2 Å². The standard InChI is InChI=1S/C10H14Cl6N4O2.C3H6O/c11-9(12,13)7(17-5-21)19-1-2-20(4-3-19)8(18-6-22)10(14,15)16;1-3(2)4/h5-8H,1-4H2,(H,17,21)(H,18,22);1-2H3. The van der Waals surface area contributed by atoms with Gasteiger partial charge in [-0.1, -0.05) is 69.6 Å². The van der Waals surface area contributed by atoms with E-state index in [4.69, 9.17) is 69.6 Å². The van der Waals surface area contributed by atoms with Crippen LogP contribution in [0, 0.1) is 0 Å². The third-order valence-corrected chi connectivity index (χ3v) is 4.39. The highest BCUT2D eigenvalue weighted by molar-refractivity contribution is 6.68. The maximum Gasteiger partial charge on any atom is 0.223 e. The molecule has 1 heterocycles. The molecule has 26 heavy (non-hydrogen) atoms. The molecule has 152 valence electrons. The first kappa shape index (κ1) is 26.3. The summed E-state index contributed by atoms with van der Waals surface area (Å²) < 4.78 is -3.36. The quantitative estimate of drug-likeness (QED) is 0.438. The Bertz CT molecular complexity index is 424. The topological polar surface area (TPSA) is 81.8 Å². The first-order chi connectivity index (χ1) is 11.8. The molecule has 7 nitrogen and oxygen atoms in total. The number of halogens is 6. The van der Waals surface area contributed by atoms with E-state index in [-0.39, 0.29) is 5.78 Å². The van der Waals surface area contributed by atoms with Crippen LogP contribution in [0.5, 0.6) is 0 Å². The highest BCUT2D eigenvalue weighted by Gasteiger charge is 2.42. The van der Waals surface area contributed by atoms with Crippen LogP contribution in [0.15, 0.2) is 0 Å². The van der Waals surface area contributed by atoms with Gasteiger partial charge in [-0.2, -0.15) is 0 Å². The lowest BCUT2D eigenvalue weighted by molar-refractivity contribution is -0.115. The van der Waals surface area contributed by atoms with Crippen LogP contribution in [0.1, 0.15) is 13.8 Å². The second-order valence-electron chi connectivity index (χ2n) is 5.44. The van der Waals surface area contributed by atoms with Crippen molar-refractivity contribution >= 4 is 88.2 Å². The van der Waals surface area contributed by atoms with E-state index in [1.807, 2.05) is 0 Å². The number of hydrogen-bond acceptors (Lipinski definition) is 5. The Hall–Kier alpha value is 0.270. The van der Waals surface area contributed by atoms with Crippen LogP contribution in [0.4, 0.5) is 0 Å². The van der Waals surface area contributed by atoms with Gasteiger partial charge in [-0.15, -0.1) is 0 Å². The van der Waals surface area contributed by atoms with Gasteiger partial charge in [0.25, 0.3) is 0 Å². The van der Waals surface area contributed by atoms with Crippen LogP contribution in [0.2, 0.25) is 0 Å². The maximum absolute atomic E-state index is 10.7. The van der Waals surface area contributed by atoms with Gasteiger partial charge in [0.1, 0.15) is 18.1 Å². The summed E-state index contributed by atoms with van der Waals surface area (Å²) in [6.45, 7) is 4.82. The van der Waals surface area contributed by atoms with Crippen molar-refractivity contribution in [2.24, 2.45) is 0 Å². The van der Waals surface area contributed by atoms with Crippen molar-refractivity contribution in [2.75, 3.05) is 26.2 Å². The molecule has 0 bridgehead atoms. The highest BCUT2D eigenvalue weighted by atomic mass is 35.6. The molecule has 13 heteroatoms. The number of amides is 2. The number of carbonyl (C=O) groups is 3. The summed E-state index contributed by atoms with van der Waals surface area (Å²) in [4.78, 5) is 34.4. The zero-order valence-corrected chi connectivity index (χ0v) is 18.6. The molecule has 2 amide bonds. The lowest BCUT2D eigenvalue weighted by Crippen LogP contribution is -2.63. The lowest BCUT2D eigenvalue weighted by Gasteiger charge is -2.44. The first-order valence-electron chi connectivity index (χ1n) is 7.32. The minimum absolute atomic E-state index is 0.167. The third kappa shape index (κ3) is 9.99. The average molecular weight is 493 g/mol. The fraction of sp³-hybridized carbons (Fsp3) is 0.769. The van der Waals surface area contributed by atoms with Crippen molar-refractivity contribution in [3.63, 3.8) is 0 Å². The molecule has 2 N–H and O–H groups in total. The van der Waals surface area contributed by atoms with Gasteiger partial charge in [-0.3, -0.25) is 19.4 Å². The number of nitrogens with one attached hydrogen (secondary N) is 2.